The van der Waals surface area contributed by atoms with E-state index in [-0.39, 0.29) is 14.0 Å². The zero-order chi connectivity index (χ0) is 16.6. The minimum Gasteiger partial charge on any atom is -0.450 e. The minimum atomic E-state index is -6.36. The van der Waals surface area contributed by atoms with Gasteiger partial charge >= 0.3 is 30.1 Å². The smallest absolute Gasteiger partial charge is 0.437 e. The van der Waals surface area contributed by atoms with E-state index in [1.165, 1.54) is 0 Å². The molecule has 1 unspecified atom stereocenters. The van der Waals surface area contributed by atoms with Crippen molar-refractivity contribution in [2.24, 2.45) is 0 Å². The van der Waals surface area contributed by atoms with Crippen molar-refractivity contribution in [2.75, 3.05) is 7.11 Å². The lowest BCUT2D eigenvalue weighted by Gasteiger charge is -2.34. The monoisotopic (exact) mass is 322 g/mol. The first-order chi connectivity index (χ1) is 8.61. The number of carbonyl (C=O) groups excluding carboxylic acids is 1. The van der Waals surface area contributed by atoms with E-state index in [9.17, 15) is 44.3 Å². The van der Waals surface area contributed by atoms with Crippen LogP contribution in [0.4, 0.5) is 39.5 Å². The SMILES string of the molecule is COC(C(=O)OC(C)C(F)(F)F)(C(F)(F)F)C(F)(F)F. The summed E-state index contributed by atoms with van der Waals surface area (Å²) in [6.07, 6.45) is -21.2. The Morgan fingerprint density at radius 2 is 1.25 bits per heavy atom. The summed E-state index contributed by atoms with van der Waals surface area (Å²) in [4.78, 5) is 11.0. The maximum atomic E-state index is 12.4. The fourth-order valence-corrected chi connectivity index (χ4v) is 1.02. The van der Waals surface area contributed by atoms with Crippen LogP contribution in [-0.2, 0) is 14.3 Å². The third-order valence-electron chi connectivity index (χ3n) is 2.14. The van der Waals surface area contributed by atoms with E-state index >= 15 is 0 Å². The quantitative estimate of drug-likeness (QED) is 0.592. The molecule has 3 nitrogen and oxygen atoms in total. The van der Waals surface area contributed by atoms with E-state index in [0.29, 0.717) is 0 Å². The number of methoxy groups -OCH3 is 1. The highest BCUT2D eigenvalue weighted by Crippen LogP contribution is 2.46. The second-order valence-corrected chi connectivity index (χ2v) is 3.47. The van der Waals surface area contributed by atoms with E-state index in [0.717, 1.165) is 0 Å². The minimum absolute atomic E-state index is 0.0745. The average molecular weight is 322 g/mol. The molecule has 0 bridgehead atoms. The highest BCUT2D eigenvalue weighted by molar-refractivity contribution is 5.82. The Morgan fingerprint density at radius 3 is 1.45 bits per heavy atom. The number of hydrogen-bond donors (Lipinski definition) is 0. The van der Waals surface area contributed by atoms with Crippen LogP contribution in [0.25, 0.3) is 0 Å². The fourth-order valence-electron chi connectivity index (χ4n) is 1.02. The molecule has 0 aliphatic carbocycles. The van der Waals surface area contributed by atoms with Gasteiger partial charge in [0.15, 0.2) is 6.10 Å². The largest absolute Gasteiger partial charge is 0.450 e. The normalized spacial score (nSPS) is 15.9. The first-order valence-corrected chi connectivity index (χ1v) is 4.57. The zero-order valence-electron chi connectivity index (χ0n) is 9.70. The van der Waals surface area contributed by atoms with Gasteiger partial charge in [-0.2, -0.15) is 39.5 Å². The Balaban J connectivity index is 5.65. The van der Waals surface area contributed by atoms with Crippen molar-refractivity contribution in [1.29, 1.82) is 0 Å². The molecule has 0 amide bonds. The summed E-state index contributed by atoms with van der Waals surface area (Å²) in [6, 6.07) is 0. The van der Waals surface area contributed by atoms with Crippen LogP contribution in [0.2, 0.25) is 0 Å². The molecule has 0 spiro atoms. The number of alkyl halides is 9. The van der Waals surface area contributed by atoms with Gasteiger partial charge in [-0.05, 0) is 6.92 Å². The topological polar surface area (TPSA) is 35.5 Å². The number of hydrogen-bond acceptors (Lipinski definition) is 3. The Kier molecular flexibility index (Phi) is 4.98. The van der Waals surface area contributed by atoms with Gasteiger partial charge in [0.2, 0.25) is 0 Å². The number of rotatable bonds is 3. The van der Waals surface area contributed by atoms with Crippen molar-refractivity contribution in [3.8, 4) is 0 Å². The summed E-state index contributed by atoms with van der Waals surface area (Å²) >= 11 is 0. The second kappa shape index (κ2) is 5.30. The maximum Gasteiger partial charge on any atom is 0.437 e. The van der Waals surface area contributed by atoms with E-state index in [2.05, 4.69) is 9.47 Å². The summed E-state index contributed by atoms with van der Waals surface area (Å²) in [5, 5.41) is 0. The molecule has 0 aliphatic rings. The van der Waals surface area contributed by atoms with Gasteiger partial charge in [-0.15, -0.1) is 0 Å². The molecule has 0 fully saturated rings. The molecule has 0 aromatic rings. The summed E-state index contributed by atoms with van der Waals surface area (Å²) < 4.78 is 117. The van der Waals surface area contributed by atoms with Crippen LogP contribution < -0.4 is 0 Å². The summed E-state index contributed by atoms with van der Waals surface area (Å²) in [5.74, 6) is -3.25. The van der Waals surface area contributed by atoms with Gasteiger partial charge in [0.25, 0.3) is 0 Å². The summed E-state index contributed by atoms with van der Waals surface area (Å²) in [5.41, 5.74) is -5.49. The highest BCUT2D eigenvalue weighted by atomic mass is 19.4. The number of ether oxygens (including phenoxy) is 2. The standard InChI is InChI=1S/C8H7F9O3/c1-3(6(9,10)11)20-4(18)5(19-2,7(12,13)14)8(15,16)17/h3H,1-2H3. The zero-order valence-corrected chi connectivity index (χ0v) is 9.70. The second-order valence-electron chi connectivity index (χ2n) is 3.47. The number of carbonyl (C=O) groups is 1. The van der Waals surface area contributed by atoms with E-state index in [1.807, 2.05) is 0 Å². The Hall–Kier alpha value is -1.20. The summed E-state index contributed by atoms with van der Waals surface area (Å²) in [7, 11) is -0.125. The maximum absolute atomic E-state index is 12.4. The van der Waals surface area contributed by atoms with E-state index < -0.39 is 36.2 Å². The molecule has 0 aromatic carbocycles. The van der Waals surface area contributed by atoms with Gasteiger partial charge in [0, 0.05) is 7.11 Å². The number of halogens is 9. The molecule has 20 heavy (non-hydrogen) atoms. The third-order valence-corrected chi connectivity index (χ3v) is 2.14. The summed E-state index contributed by atoms with van der Waals surface area (Å²) in [6.45, 7) is 0.0745. The lowest BCUT2D eigenvalue weighted by molar-refractivity contribution is -0.366. The molecule has 120 valence electrons. The van der Waals surface area contributed by atoms with Crippen molar-refractivity contribution in [1.82, 2.24) is 0 Å². The highest BCUT2D eigenvalue weighted by Gasteiger charge is 2.78. The van der Waals surface area contributed by atoms with Crippen molar-refractivity contribution in [3.63, 3.8) is 0 Å². The lowest BCUT2D eigenvalue weighted by atomic mass is 10.0. The van der Waals surface area contributed by atoms with Gasteiger partial charge in [-0.25, -0.2) is 4.79 Å². The van der Waals surface area contributed by atoms with Crippen molar-refractivity contribution >= 4 is 5.97 Å². The Bertz CT molecular complexity index is 340. The fraction of sp³-hybridized carbons (Fsp3) is 0.875. The molecular weight excluding hydrogens is 315 g/mol. The molecule has 0 aromatic heterocycles. The molecule has 0 N–H and O–H groups in total. The molecule has 0 aliphatic heterocycles. The van der Waals surface area contributed by atoms with Crippen LogP contribution in [0.15, 0.2) is 0 Å². The molecular formula is C8H7F9O3. The van der Waals surface area contributed by atoms with Gasteiger partial charge in [-0.3, -0.25) is 0 Å². The van der Waals surface area contributed by atoms with Crippen LogP contribution >= 0.6 is 0 Å². The van der Waals surface area contributed by atoms with Crippen LogP contribution in [-0.4, -0.2) is 43.3 Å². The molecule has 0 radical (unpaired) electrons. The van der Waals surface area contributed by atoms with Crippen LogP contribution in [0.5, 0.6) is 0 Å². The third kappa shape index (κ3) is 3.27. The molecule has 0 rings (SSSR count). The van der Waals surface area contributed by atoms with Crippen molar-refractivity contribution in [2.45, 2.75) is 37.2 Å². The molecule has 0 saturated carbocycles. The van der Waals surface area contributed by atoms with Gasteiger partial charge in [-0.1, -0.05) is 0 Å². The average Bonchev–Trinajstić information content (AvgIpc) is 2.12. The first kappa shape index (κ1) is 18.8. The predicted molar refractivity (Wildman–Crippen MR) is 43.5 cm³/mol. The van der Waals surface area contributed by atoms with Gasteiger partial charge in [0.1, 0.15) is 0 Å². The van der Waals surface area contributed by atoms with Crippen LogP contribution in [0.3, 0.4) is 0 Å². The first-order valence-electron chi connectivity index (χ1n) is 4.57. The van der Waals surface area contributed by atoms with Gasteiger partial charge in [0.05, 0.1) is 0 Å². The predicted octanol–water partition coefficient (Wildman–Crippen LogP) is 2.99. The molecule has 12 heteroatoms. The molecule has 1 atom stereocenters. The van der Waals surface area contributed by atoms with E-state index in [1.54, 1.807) is 0 Å². The lowest BCUT2D eigenvalue weighted by Crippen LogP contribution is -2.64. The Morgan fingerprint density at radius 1 is 0.900 bits per heavy atom. The van der Waals surface area contributed by atoms with Crippen LogP contribution in [0.1, 0.15) is 6.92 Å². The number of esters is 1. The van der Waals surface area contributed by atoms with E-state index in [4.69, 9.17) is 0 Å². The molecule has 0 saturated heterocycles. The van der Waals surface area contributed by atoms with Gasteiger partial charge < -0.3 is 9.47 Å². The van der Waals surface area contributed by atoms with Crippen LogP contribution in [0, 0.1) is 0 Å². The Labute approximate surface area is 105 Å². The van der Waals surface area contributed by atoms with Crippen molar-refractivity contribution < 1.29 is 53.8 Å². The van der Waals surface area contributed by atoms with Crippen molar-refractivity contribution in [3.05, 3.63) is 0 Å². The molecule has 0 heterocycles.